The predicted octanol–water partition coefficient (Wildman–Crippen LogP) is 4.15. The molecule has 0 bridgehead atoms. The Balaban J connectivity index is 2.08. The van der Waals surface area contributed by atoms with Gasteiger partial charge in [0.15, 0.2) is 0 Å². The van der Waals surface area contributed by atoms with Crippen molar-refractivity contribution >= 4 is 48.6 Å². The van der Waals surface area contributed by atoms with Gasteiger partial charge in [-0.2, -0.15) is 0 Å². The van der Waals surface area contributed by atoms with Crippen LogP contribution in [0.2, 0.25) is 0 Å². The number of anilines is 1. The van der Waals surface area contributed by atoms with E-state index in [4.69, 9.17) is 0 Å². The maximum Gasteiger partial charge on any atom is 0.112 e. The highest BCUT2D eigenvalue weighted by atomic mass is 79.9. The minimum atomic E-state index is 0.560. The van der Waals surface area contributed by atoms with E-state index in [1.807, 2.05) is 18.5 Å². The second kappa shape index (κ2) is 5.75. The molecule has 2 aromatic heterocycles. The molecule has 3 rings (SSSR count). The van der Waals surface area contributed by atoms with Crippen molar-refractivity contribution in [3.63, 3.8) is 0 Å². The summed E-state index contributed by atoms with van der Waals surface area (Å²) >= 11 is 7.09. The van der Waals surface area contributed by atoms with E-state index in [-0.39, 0.29) is 0 Å². The summed E-state index contributed by atoms with van der Waals surface area (Å²) in [5.41, 5.74) is 3.16. The first-order valence-electron chi connectivity index (χ1n) is 6.52. The number of piperidine rings is 1. The number of alkyl halides is 1. The van der Waals surface area contributed by atoms with Crippen LogP contribution in [0.4, 0.5) is 5.69 Å². The molecule has 1 atom stereocenters. The van der Waals surface area contributed by atoms with Crippen LogP contribution in [-0.2, 0) is 0 Å². The third-order valence-corrected chi connectivity index (χ3v) is 4.82. The Labute approximate surface area is 129 Å². The quantitative estimate of drug-likeness (QED) is 0.728. The largest absolute Gasteiger partial charge is 0.366 e. The zero-order valence-electron chi connectivity index (χ0n) is 10.5. The fraction of sp³-hybridized carbons (Fsp3) is 0.429. The number of nitrogens with zero attached hydrogens (tertiary/aromatic N) is 3. The normalized spacial score (nSPS) is 19.9. The fourth-order valence-electron chi connectivity index (χ4n) is 2.70. The molecule has 0 N–H and O–H groups in total. The Morgan fingerprint density at radius 1 is 1.32 bits per heavy atom. The van der Waals surface area contributed by atoms with Gasteiger partial charge in [-0.3, -0.25) is 9.97 Å². The molecule has 1 saturated heterocycles. The van der Waals surface area contributed by atoms with Gasteiger partial charge in [-0.25, -0.2) is 0 Å². The molecule has 0 aliphatic carbocycles. The van der Waals surface area contributed by atoms with Crippen LogP contribution in [0.5, 0.6) is 0 Å². The van der Waals surface area contributed by atoms with Gasteiger partial charge in [-0.05, 0) is 47.3 Å². The lowest BCUT2D eigenvalue weighted by molar-refractivity contribution is 0.492. The lowest BCUT2D eigenvalue weighted by Crippen LogP contribution is -2.40. The van der Waals surface area contributed by atoms with E-state index < -0.39 is 0 Å². The van der Waals surface area contributed by atoms with Gasteiger partial charge >= 0.3 is 0 Å². The van der Waals surface area contributed by atoms with Crippen LogP contribution < -0.4 is 4.90 Å². The van der Waals surface area contributed by atoms with Crippen LogP contribution in [0.1, 0.15) is 19.3 Å². The van der Waals surface area contributed by atoms with Gasteiger partial charge in [-0.15, -0.1) is 0 Å². The monoisotopic (exact) mass is 383 g/mol. The SMILES string of the molecule is BrCC1CCCCN1c1ccnc2cc(Br)cnc12. The molecule has 1 aliphatic heterocycles. The van der Waals surface area contributed by atoms with Crippen LogP contribution in [0.15, 0.2) is 29.0 Å². The summed E-state index contributed by atoms with van der Waals surface area (Å²) in [5, 5.41) is 1.01. The Kier molecular flexibility index (Phi) is 4.03. The number of aromatic nitrogens is 2. The molecular formula is C14H15Br2N3. The number of fused-ring (bicyclic) bond motifs is 1. The summed E-state index contributed by atoms with van der Waals surface area (Å²) in [4.78, 5) is 11.5. The summed E-state index contributed by atoms with van der Waals surface area (Å²) in [5.74, 6) is 0. The van der Waals surface area contributed by atoms with E-state index >= 15 is 0 Å². The van der Waals surface area contributed by atoms with Crippen molar-refractivity contribution in [2.75, 3.05) is 16.8 Å². The van der Waals surface area contributed by atoms with Crippen LogP contribution in [0.25, 0.3) is 11.0 Å². The maximum atomic E-state index is 4.56. The zero-order valence-corrected chi connectivity index (χ0v) is 13.7. The van der Waals surface area contributed by atoms with Crippen LogP contribution in [-0.4, -0.2) is 27.9 Å². The highest BCUT2D eigenvalue weighted by Gasteiger charge is 2.23. The summed E-state index contributed by atoms with van der Waals surface area (Å²) in [7, 11) is 0. The van der Waals surface area contributed by atoms with Gasteiger partial charge in [0.05, 0.1) is 11.2 Å². The molecule has 3 nitrogen and oxygen atoms in total. The molecule has 19 heavy (non-hydrogen) atoms. The van der Waals surface area contributed by atoms with Gasteiger partial charge in [0.1, 0.15) is 5.52 Å². The molecule has 1 unspecified atom stereocenters. The van der Waals surface area contributed by atoms with Gasteiger partial charge in [-0.1, -0.05) is 15.9 Å². The first-order chi connectivity index (χ1) is 9.29. The van der Waals surface area contributed by atoms with E-state index in [2.05, 4.69) is 52.8 Å². The molecule has 3 heterocycles. The van der Waals surface area contributed by atoms with E-state index in [0.717, 1.165) is 27.4 Å². The predicted molar refractivity (Wildman–Crippen MR) is 86.0 cm³/mol. The maximum absolute atomic E-state index is 4.56. The average Bonchev–Trinajstić information content (AvgIpc) is 2.46. The molecule has 0 amide bonds. The number of pyridine rings is 2. The Morgan fingerprint density at radius 2 is 2.21 bits per heavy atom. The molecule has 2 aromatic rings. The van der Waals surface area contributed by atoms with Crippen molar-refractivity contribution in [2.45, 2.75) is 25.3 Å². The van der Waals surface area contributed by atoms with Crippen molar-refractivity contribution in [1.29, 1.82) is 0 Å². The highest BCUT2D eigenvalue weighted by molar-refractivity contribution is 9.10. The third kappa shape index (κ3) is 2.63. The second-order valence-electron chi connectivity index (χ2n) is 4.85. The van der Waals surface area contributed by atoms with E-state index in [1.54, 1.807) is 0 Å². The summed E-state index contributed by atoms with van der Waals surface area (Å²) in [6, 6.07) is 4.67. The lowest BCUT2D eigenvalue weighted by Gasteiger charge is -2.36. The van der Waals surface area contributed by atoms with Crippen LogP contribution >= 0.6 is 31.9 Å². The standard InChI is InChI=1S/C14H15Br2N3/c15-8-11-3-1-2-6-19(11)13-4-5-17-12-7-10(16)9-18-14(12)13/h4-5,7,9,11H,1-3,6,8H2. The number of hydrogen-bond acceptors (Lipinski definition) is 3. The molecule has 1 fully saturated rings. The average molecular weight is 385 g/mol. The minimum absolute atomic E-state index is 0.560. The zero-order chi connectivity index (χ0) is 13.2. The first kappa shape index (κ1) is 13.3. The molecule has 100 valence electrons. The number of hydrogen-bond donors (Lipinski definition) is 0. The van der Waals surface area contributed by atoms with Gasteiger partial charge < -0.3 is 4.90 Å². The lowest BCUT2D eigenvalue weighted by atomic mass is 10.0. The van der Waals surface area contributed by atoms with Gasteiger partial charge in [0.2, 0.25) is 0 Å². The van der Waals surface area contributed by atoms with Gasteiger partial charge in [0, 0.05) is 34.8 Å². The Morgan fingerprint density at radius 3 is 3.05 bits per heavy atom. The van der Waals surface area contributed by atoms with Crippen LogP contribution in [0, 0.1) is 0 Å². The summed E-state index contributed by atoms with van der Waals surface area (Å²) < 4.78 is 0.973. The molecule has 5 heteroatoms. The molecule has 0 saturated carbocycles. The molecule has 1 aliphatic rings. The molecule has 0 spiro atoms. The summed E-state index contributed by atoms with van der Waals surface area (Å²) in [6.07, 6.45) is 7.54. The topological polar surface area (TPSA) is 29.0 Å². The minimum Gasteiger partial charge on any atom is -0.366 e. The van der Waals surface area contributed by atoms with Crippen molar-refractivity contribution in [1.82, 2.24) is 9.97 Å². The number of halogens is 2. The van der Waals surface area contributed by atoms with Gasteiger partial charge in [0.25, 0.3) is 0 Å². The number of rotatable bonds is 2. The highest BCUT2D eigenvalue weighted by Crippen LogP contribution is 2.30. The molecule has 0 radical (unpaired) electrons. The summed E-state index contributed by atoms with van der Waals surface area (Å²) in [6.45, 7) is 1.10. The van der Waals surface area contributed by atoms with Crippen molar-refractivity contribution in [2.24, 2.45) is 0 Å². The molecule has 0 aromatic carbocycles. The van der Waals surface area contributed by atoms with E-state index in [1.165, 1.54) is 24.9 Å². The van der Waals surface area contributed by atoms with Crippen molar-refractivity contribution < 1.29 is 0 Å². The van der Waals surface area contributed by atoms with E-state index in [9.17, 15) is 0 Å². The van der Waals surface area contributed by atoms with E-state index in [0.29, 0.717) is 6.04 Å². The molecular weight excluding hydrogens is 370 g/mol. The second-order valence-corrected chi connectivity index (χ2v) is 6.41. The Hall–Kier alpha value is -0.680. The first-order valence-corrected chi connectivity index (χ1v) is 8.44. The van der Waals surface area contributed by atoms with Crippen LogP contribution in [0.3, 0.4) is 0 Å². The smallest absolute Gasteiger partial charge is 0.112 e. The van der Waals surface area contributed by atoms with Crippen molar-refractivity contribution in [3.05, 3.63) is 29.0 Å². The van der Waals surface area contributed by atoms with Crippen molar-refractivity contribution in [3.8, 4) is 0 Å². The Bertz CT molecular complexity index is 588. The fourth-order valence-corrected chi connectivity index (χ4v) is 3.69. The third-order valence-electron chi connectivity index (χ3n) is 3.64.